The van der Waals surface area contributed by atoms with Crippen LogP contribution in [0.15, 0.2) is 0 Å². The average molecular weight is 371 g/mol. The van der Waals surface area contributed by atoms with Crippen molar-refractivity contribution in [3.8, 4) is 0 Å². The van der Waals surface area contributed by atoms with Crippen LogP contribution >= 0.6 is 0 Å². The lowest BCUT2D eigenvalue weighted by molar-refractivity contribution is 0.0450. The Labute approximate surface area is 146 Å². The summed E-state index contributed by atoms with van der Waals surface area (Å²) in [5.41, 5.74) is 0. The normalized spacial score (nSPS) is 16.9. The highest BCUT2D eigenvalue weighted by Gasteiger charge is 2.39. The third-order valence-corrected chi connectivity index (χ3v) is 6.14. The quantitative estimate of drug-likeness (QED) is 0.226. The van der Waals surface area contributed by atoms with Crippen LogP contribution in [-0.4, -0.2) is 89.2 Å². The lowest BCUT2D eigenvalue weighted by Gasteiger charge is -2.28. The number of ether oxygens (including phenoxy) is 2. The molecule has 1 aliphatic rings. The molecular formula is C15H34O8Si. The highest BCUT2D eigenvalue weighted by atomic mass is 28.4. The Hall–Kier alpha value is -0.103. The van der Waals surface area contributed by atoms with Crippen LogP contribution in [0.5, 0.6) is 0 Å². The van der Waals surface area contributed by atoms with Crippen LogP contribution in [0.2, 0.25) is 6.04 Å². The molecule has 1 heterocycles. The first-order valence-electron chi connectivity index (χ1n) is 8.58. The summed E-state index contributed by atoms with van der Waals surface area (Å²) in [7, 11) is -2.47. The molecule has 1 atom stereocenters. The first kappa shape index (κ1) is 23.9. The molecule has 1 saturated heterocycles. The Morgan fingerprint density at radius 3 is 1.88 bits per heavy atom. The zero-order valence-electron chi connectivity index (χ0n) is 15.1. The van der Waals surface area contributed by atoms with E-state index in [1.54, 1.807) is 0 Å². The maximum absolute atomic E-state index is 8.17. The number of rotatable bonds is 14. The van der Waals surface area contributed by atoms with Crippen LogP contribution in [-0.2, 0) is 22.8 Å². The SMILES string of the molecule is CCO[Si](CCCOCC1CO1)(OCC)OCC.OCC(O)CO. The van der Waals surface area contributed by atoms with Gasteiger partial charge in [-0.05, 0) is 27.2 Å². The minimum Gasteiger partial charge on any atom is -0.394 e. The molecule has 0 bridgehead atoms. The molecule has 1 unspecified atom stereocenters. The molecule has 0 saturated carbocycles. The van der Waals surface area contributed by atoms with Gasteiger partial charge in [0.2, 0.25) is 0 Å². The van der Waals surface area contributed by atoms with Gasteiger partial charge >= 0.3 is 8.80 Å². The van der Waals surface area contributed by atoms with E-state index in [0.717, 1.165) is 19.1 Å². The highest BCUT2D eigenvalue weighted by molar-refractivity contribution is 6.60. The van der Waals surface area contributed by atoms with Crippen LogP contribution in [0.1, 0.15) is 27.2 Å². The van der Waals surface area contributed by atoms with E-state index in [1.165, 1.54) is 0 Å². The number of hydrogen-bond donors (Lipinski definition) is 3. The second kappa shape index (κ2) is 15.2. The first-order valence-corrected chi connectivity index (χ1v) is 10.5. The number of epoxide rings is 1. The van der Waals surface area contributed by atoms with Crippen LogP contribution in [0.25, 0.3) is 0 Å². The van der Waals surface area contributed by atoms with Gasteiger partial charge in [-0.25, -0.2) is 0 Å². The Bertz CT molecular complexity index is 257. The van der Waals surface area contributed by atoms with Crippen molar-refractivity contribution in [2.45, 2.75) is 45.4 Å². The van der Waals surface area contributed by atoms with Crippen molar-refractivity contribution in [2.24, 2.45) is 0 Å². The van der Waals surface area contributed by atoms with Crippen molar-refractivity contribution in [3.05, 3.63) is 0 Å². The van der Waals surface area contributed by atoms with Crippen LogP contribution in [0.4, 0.5) is 0 Å². The van der Waals surface area contributed by atoms with E-state index >= 15 is 0 Å². The molecular weight excluding hydrogens is 336 g/mol. The minimum atomic E-state index is -2.47. The molecule has 0 aromatic carbocycles. The minimum absolute atomic E-state index is 0.331. The van der Waals surface area contributed by atoms with E-state index in [2.05, 4.69) is 0 Å². The molecule has 3 N–H and O–H groups in total. The second-order valence-corrected chi connectivity index (χ2v) is 7.87. The van der Waals surface area contributed by atoms with Gasteiger partial charge in [0.15, 0.2) is 0 Å². The molecule has 24 heavy (non-hydrogen) atoms. The number of aliphatic hydroxyl groups excluding tert-OH is 3. The average Bonchev–Trinajstić information content (AvgIpc) is 3.39. The van der Waals surface area contributed by atoms with Gasteiger partial charge in [0.1, 0.15) is 12.2 Å². The van der Waals surface area contributed by atoms with E-state index in [4.69, 9.17) is 38.1 Å². The molecule has 0 aromatic rings. The molecule has 0 amide bonds. The molecule has 0 aliphatic carbocycles. The second-order valence-electron chi connectivity index (χ2n) is 5.13. The van der Waals surface area contributed by atoms with Crippen molar-refractivity contribution in [1.29, 1.82) is 0 Å². The van der Waals surface area contributed by atoms with Crippen molar-refractivity contribution in [1.82, 2.24) is 0 Å². The lowest BCUT2D eigenvalue weighted by atomic mass is 10.4. The highest BCUT2D eigenvalue weighted by Crippen LogP contribution is 2.18. The van der Waals surface area contributed by atoms with Crippen molar-refractivity contribution >= 4 is 8.80 Å². The summed E-state index contributed by atoms with van der Waals surface area (Å²) >= 11 is 0. The van der Waals surface area contributed by atoms with Crippen molar-refractivity contribution in [2.75, 3.05) is 52.9 Å². The van der Waals surface area contributed by atoms with Gasteiger partial charge in [-0.15, -0.1) is 0 Å². The zero-order chi connectivity index (χ0) is 18.3. The fraction of sp³-hybridized carbons (Fsp3) is 1.00. The topological polar surface area (TPSA) is 110 Å². The van der Waals surface area contributed by atoms with Gasteiger partial charge in [0.05, 0.1) is 26.4 Å². The predicted molar refractivity (Wildman–Crippen MR) is 90.8 cm³/mol. The number of aliphatic hydroxyl groups is 3. The summed E-state index contributed by atoms with van der Waals surface area (Å²) in [5.74, 6) is 0. The van der Waals surface area contributed by atoms with Crippen LogP contribution in [0, 0.1) is 0 Å². The lowest BCUT2D eigenvalue weighted by Crippen LogP contribution is -2.46. The van der Waals surface area contributed by atoms with Crippen LogP contribution < -0.4 is 0 Å². The molecule has 0 aromatic heterocycles. The van der Waals surface area contributed by atoms with Gasteiger partial charge in [-0.1, -0.05) is 0 Å². The standard InChI is InChI=1S/C12H26O5Si.C3H8O3/c1-4-15-18(16-5-2,17-6-3)9-7-8-13-10-12-11-14-12;4-1-3(6)2-5/h12H,4-11H2,1-3H3;3-6H,1-2H2. The molecule has 1 aliphatic heterocycles. The third kappa shape index (κ3) is 12.3. The van der Waals surface area contributed by atoms with Gasteiger partial charge in [0.25, 0.3) is 0 Å². The smallest absolute Gasteiger partial charge is 0.394 e. The molecule has 8 nitrogen and oxygen atoms in total. The zero-order valence-corrected chi connectivity index (χ0v) is 16.1. The van der Waals surface area contributed by atoms with E-state index in [-0.39, 0.29) is 13.2 Å². The predicted octanol–water partition coefficient (Wildman–Crippen LogP) is 0.172. The molecule has 0 radical (unpaired) electrons. The molecule has 1 fully saturated rings. The maximum atomic E-state index is 8.17. The summed E-state index contributed by atoms with van der Waals surface area (Å²) in [6, 6.07) is 0.814. The fourth-order valence-corrected chi connectivity index (χ4v) is 4.41. The Morgan fingerprint density at radius 1 is 1.04 bits per heavy atom. The van der Waals surface area contributed by atoms with E-state index in [1.807, 2.05) is 20.8 Å². The summed E-state index contributed by atoms with van der Waals surface area (Å²) in [4.78, 5) is 0. The van der Waals surface area contributed by atoms with Gasteiger partial charge in [-0.2, -0.15) is 0 Å². The molecule has 1 rings (SSSR count). The third-order valence-electron chi connectivity index (χ3n) is 2.99. The van der Waals surface area contributed by atoms with Gasteiger partial charge in [0, 0.05) is 32.5 Å². The summed E-state index contributed by atoms with van der Waals surface area (Å²) in [6.07, 6.45) is 0.279. The van der Waals surface area contributed by atoms with E-state index < -0.39 is 14.9 Å². The molecule has 0 spiro atoms. The molecule has 146 valence electrons. The van der Waals surface area contributed by atoms with Crippen molar-refractivity contribution < 1.29 is 38.1 Å². The van der Waals surface area contributed by atoms with Crippen molar-refractivity contribution in [3.63, 3.8) is 0 Å². The monoisotopic (exact) mass is 370 g/mol. The van der Waals surface area contributed by atoms with Crippen LogP contribution in [0.3, 0.4) is 0 Å². The summed E-state index contributed by atoms with van der Waals surface area (Å²) in [5, 5.41) is 24.0. The Morgan fingerprint density at radius 2 is 1.54 bits per heavy atom. The van der Waals surface area contributed by atoms with E-state index in [9.17, 15) is 0 Å². The van der Waals surface area contributed by atoms with Gasteiger partial charge in [-0.3, -0.25) is 0 Å². The van der Waals surface area contributed by atoms with Gasteiger partial charge < -0.3 is 38.1 Å². The Kier molecular flexibility index (Phi) is 15.1. The number of hydrogen-bond acceptors (Lipinski definition) is 8. The first-order chi connectivity index (χ1) is 11.6. The molecule has 9 heteroatoms. The fourth-order valence-electron chi connectivity index (χ4n) is 1.83. The largest absolute Gasteiger partial charge is 0.501 e. The summed E-state index contributed by atoms with van der Waals surface area (Å²) in [6.45, 7) is 9.33. The summed E-state index contributed by atoms with van der Waals surface area (Å²) < 4.78 is 27.9. The Balaban J connectivity index is 0.000000754. The maximum Gasteiger partial charge on any atom is 0.501 e. The van der Waals surface area contributed by atoms with E-state index in [0.29, 0.717) is 39.1 Å².